The van der Waals surface area contributed by atoms with E-state index < -0.39 is 5.92 Å². The summed E-state index contributed by atoms with van der Waals surface area (Å²) >= 11 is 0. The molecule has 0 radical (unpaired) electrons. The van der Waals surface area contributed by atoms with Crippen molar-refractivity contribution in [2.45, 2.75) is 24.8 Å². The fourth-order valence-electron chi connectivity index (χ4n) is 2.58. The van der Waals surface area contributed by atoms with Crippen LogP contribution in [0.1, 0.15) is 24.4 Å². The number of hydrogen-bond donors (Lipinski definition) is 2. The number of nitrogens with one attached hydrogen (secondary N) is 1. The largest absolute Gasteiger partial charge is 0.352 e. The number of alkyl halides is 2. The average Bonchev–Trinajstić information content (AvgIpc) is 2.33. The van der Waals surface area contributed by atoms with Gasteiger partial charge in [0.15, 0.2) is 6.04 Å². The van der Waals surface area contributed by atoms with Gasteiger partial charge in [-0.05, 0) is 0 Å². The van der Waals surface area contributed by atoms with Crippen LogP contribution in [0.4, 0.5) is 8.78 Å². The summed E-state index contributed by atoms with van der Waals surface area (Å²) in [5, 5.41) is 0. The summed E-state index contributed by atoms with van der Waals surface area (Å²) in [6.07, 6.45) is 0.0112. The lowest BCUT2D eigenvalue weighted by atomic mass is 10.00. The molecule has 4 N–H and O–H groups in total. The number of halogens is 2. The number of likely N-dealkylation sites (tertiary alicyclic amines) is 1. The van der Waals surface area contributed by atoms with E-state index in [0.29, 0.717) is 13.1 Å². The van der Waals surface area contributed by atoms with Gasteiger partial charge in [-0.25, -0.2) is 8.78 Å². The van der Waals surface area contributed by atoms with E-state index in [1.54, 1.807) is 0 Å². The molecule has 17 heavy (non-hydrogen) atoms. The number of piperidine rings is 1. The second kappa shape index (κ2) is 5.10. The minimum absolute atomic E-state index is 0.00562. The van der Waals surface area contributed by atoms with Crippen LogP contribution in [0.2, 0.25) is 0 Å². The van der Waals surface area contributed by atoms with Crippen molar-refractivity contribution in [1.29, 1.82) is 0 Å². The van der Waals surface area contributed by atoms with Gasteiger partial charge in [0.2, 0.25) is 0 Å². The molecular weight excluding hydrogens is 222 g/mol. The zero-order chi connectivity index (χ0) is 12.3. The first-order valence-corrected chi connectivity index (χ1v) is 6.19. The lowest BCUT2D eigenvalue weighted by Gasteiger charge is -2.33. The van der Waals surface area contributed by atoms with Crippen molar-refractivity contribution in [2.75, 3.05) is 19.6 Å². The Bertz CT molecular complexity index is 344. The van der Waals surface area contributed by atoms with Crippen LogP contribution in [0.15, 0.2) is 30.3 Å². The van der Waals surface area contributed by atoms with E-state index in [9.17, 15) is 8.78 Å². The lowest BCUT2D eigenvalue weighted by molar-refractivity contribution is -0.944. The van der Waals surface area contributed by atoms with Crippen LogP contribution in [-0.4, -0.2) is 25.6 Å². The maximum Gasteiger partial charge on any atom is 0.258 e. The van der Waals surface area contributed by atoms with Crippen LogP contribution in [0.5, 0.6) is 0 Å². The Hall–Kier alpha value is -1.00. The van der Waals surface area contributed by atoms with E-state index >= 15 is 0 Å². The highest BCUT2D eigenvalue weighted by molar-refractivity contribution is 5.17. The van der Waals surface area contributed by atoms with Gasteiger partial charge in [-0.1, -0.05) is 30.3 Å². The molecule has 0 saturated carbocycles. The Morgan fingerprint density at radius 1 is 1.18 bits per heavy atom. The Morgan fingerprint density at radius 2 is 1.76 bits per heavy atom. The first-order chi connectivity index (χ1) is 8.12. The van der Waals surface area contributed by atoms with Gasteiger partial charge in [0.05, 0.1) is 25.9 Å². The molecule has 1 aliphatic rings. The molecule has 1 unspecified atom stereocenters. The Balaban J connectivity index is 2.05. The van der Waals surface area contributed by atoms with Gasteiger partial charge in [0.25, 0.3) is 5.92 Å². The first-order valence-electron chi connectivity index (χ1n) is 6.19. The number of quaternary nitrogens is 2. The predicted molar refractivity (Wildman–Crippen MR) is 61.8 cm³/mol. The lowest BCUT2D eigenvalue weighted by Crippen LogP contribution is -3.15. The summed E-state index contributed by atoms with van der Waals surface area (Å²) in [7, 11) is 0. The average molecular weight is 242 g/mol. The molecule has 0 spiro atoms. The third-order valence-electron chi connectivity index (χ3n) is 3.61. The van der Waals surface area contributed by atoms with Gasteiger partial charge in [-0.15, -0.1) is 0 Å². The van der Waals surface area contributed by atoms with E-state index in [1.807, 2.05) is 18.2 Å². The molecule has 1 aliphatic heterocycles. The highest BCUT2D eigenvalue weighted by Crippen LogP contribution is 2.23. The molecule has 1 heterocycles. The van der Waals surface area contributed by atoms with E-state index in [-0.39, 0.29) is 18.9 Å². The van der Waals surface area contributed by atoms with Gasteiger partial charge < -0.3 is 10.6 Å². The number of rotatable bonds is 3. The smallest absolute Gasteiger partial charge is 0.258 e. The van der Waals surface area contributed by atoms with E-state index in [0.717, 1.165) is 6.54 Å². The van der Waals surface area contributed by atoms with Crippen molar-refractivity contribution in [3.05, 3.63) is 35.9 Å². The molecule has 0 aromatic heterocycles. The summed E-state index contributed by atoms with van der Waals surface area (Å²) < 4.78 is 26.2. The Morgan fingerprint density at radius 3 is 2.29 bits per heavy atom. The summed E-state index contributed by atoms with van der Waals surface area (Å²) in [4.78, 5) is 1.25. The second-order valence-corrected chi connectivity index (χ2v) is 4.77. The van der Waals surface area contributed by atoms with Gasteiger partial charge in [-0.3, -0.25) is 0 Å². The number of hydrogen-bond acceptors (Lipinski definition) is 0. The van der Waals surface area contributed by atoms with Gasteiger partial charge >= 0.3 is 0 Å². The fraction of sp³-hybridized carbons (Fsp3) is 0.538. The van der Waals surface area contributed by atoms with Gasteiger partial charge in [-0.2, -0.15) is 0 Å². The second-order valence-electron chi connectivity index (χ2n) is 4.77. The zero-order valence-electron chi connectivity index (χ0n) is 9.96. The standard InChI is InChI=1S/C13H18F2N2/c14-13(15)6-8-17(9-7-13)12(10-16)11-4-2-1-3-5-11/h1-5,12H,6-10,16H2/p+2. The third kappa shape index (κ3) is 3.01. The topological polar surface area (TPSA) is 32.1 Å². The van der Waals surface area contributed by atoms with Crippen molar-refractivity contribution in [3.8, 4) is 0 Å². The zero-order valence-corrected chi connectivity index (χ0v) is 9.96. The maximum atomic E-state index is 13.1. The van der Waals surface area contributed by atoms with Crippen LogP contribution in [-0.2, 0) is 0 Å². The predicted octanol–water partition coefficient (Wildman–Crippen LogP) is 0.284. The highest BCUT2D eigenvalue weighted by atomic mass is 19.3. The van der Waals surface area contributed by atoms with E-state index in [1.165, 1.54) is 10.5 Å². The molecule has 1 fully saturated rings. The molecular formula is C13H20F2N2+2. The third-order valence-corrected chi connectivity index (χ3v) is 3.61. The minimum atomic E-state index is -2.45. The SMILES string of the molecule is [NH3+]CC(c1ccccc1)[NH+]1CCC(F)(F)CC1. The van der Waals surface area contributed by atoms with Crippen LogP contribution >= 0.6 is 0 Å². The fourth-order valence-corrected chi connectivity index (χ4v) is 2.58. The Kier molecular flexibility index (Phi) is 3.74. The van der Waals surface area contributed by atoms with Crippen molar-refractivity contribution >= 4 is 0 Å². The van der Waals surface area contributed by atoms with Crippen molar-refractivity contribution in [1.82, 2.24) is 0 Å². The molecule has 1 aromatic carbocycles. The molecule has 1 aromatic rings. The molecule has 1 saturated heterocycles. The normalized spacial score (nSPS) is 22.3. The van der Waals surface area contributed by atoms with Gasteiger partial charge in [0, 0.05) is 5.56 Å². The molecule has 2 rings (SSSR count). The first kappa shape index (κ1) is 12.5. The van der Waals surface area contributed by atoms with E-state index in [4.69, 9.17) is 0 Å². The summed E-state index contributed by atoms with van der Waals surface area (Å²) in [6, 6.07) is 10.4. The molecule has 1 atom stereocenters. The quantitative estimate of drug-likeness (QED) is 0.763. The summed E-state index contributed by atoms with van der Waals surface area (Å²) in [6.45, 7) is 1.84. The maximum absolute atomic E-state index is 13.1. The van der Waals surface area contributed by atoms with Crippen LogP contribution in [0.3, 0.4) is 0 Å². The summed E-state index contributed by atoms with van der Waals surface area (Å²) in [5.41, 5.74) is 5.18. The molecule has 0 amide bonds. The van der Waals surface area contributed by atoms with Crippen molar-refractivity contribution in [3.63, 3.8) is 0 Å². The van der Waals surface area contributed by atoms with Crippen LogP contribution < -0.4 is 10.6 Å². The Labute approximate surface area is 100 Å². The number of benzene rings is 1. The van der Waals surface area contributed by atoms with Crippen LogP contribution in [0, 0.1) is 0 Å². The van der Waals surface area contributed by atoms with E-state index in [2.05, 4.69) is 17.9 Å². The van der Waals surface area contributed by atoms with Crippen molar-refractivity contribution in [2.24, 2.45) is 0 Å². The van der Waals surface area contributed by atoms with Gasteiger partial charge in [0.1, 0.15) is 6.54 Å². The minimum Gasteiger partial charge on any atom is -0.352 e. The molecule has 0 bridgehead atoms. The molecule has 0 aliphatic carbocycles. The molecule has 94 valence electrons. The summed E-state index contributed by atoms with van der Waals surface area (Å²) in [5.74, 6) is -2.45. The highest BCUT2D eigenvalue weighted by Gasteiger charge is 2.39. The van der Waals surface area contributed by atoms with Crippen LogP contribution in [0.25, 0.3) is 0 Å². The molecule has 2 nitrogen and oxygen atoms in total. The molecule has 4 heteroatoms. The van der Waals surface area contributed by atoms with Crippen molar-refractivity contribution < 1.29 is 19.4 Å². The monoisotopic (exact) mass is 242 g/mol.